The minimum absolute atomic E-state index is 0.0893. The molecule has 0 saturated carbocycles. The lowest BCUT2D eigenvalue weighted by Gasteiger charge is -2.44. The molecule has 11 heteroatoms. The number of carbonyl (C=O) groups is 2. The van der Waals surface area contributed by atoms with Gasteiger partial charge in [0.05, 0.1) is 33.7 Å². The largest absolute Gasteiger partial charge is 0.444 e. The molecule has 0 N–H and O–H groups in total. The summed E-state index contributed by atoms with van der Waals surface area (Å²) in [4.78, 5) is 25.8. The van der Waals surface area contributed by atoms with Gasteiger partial charge in [-0.3, -0.25) is 4.79 Å². The smallest absolute Gasteiger partial charge is 0.417 e. The van der Waals surface area contributed by atoms with Crippen LogP contribution in [-0.4, -0.2) is 41.6 Å². The summed E-state index contributed by atoms with van der Waals surface area (Å²) in [6.45, 7) is 4.59. The van der Waals surface area contributed by atoms with E-state index in [2.05, 4.69) is 0 Å². The maximum absolute atomic E-state index is 15.2. The number of alkyl halides is 4. The predicted molar refractivity (Wildman–Crippen MR) is 127 cm³/mol. The van der Waals surface area contributed by atoms with E-state index in [0.29, 0.717) is 6.08 Å². The second-order valence-corrected chi connectivity index (χ2v) is 10.2. The number of allylic oxidation sites excluding steroid dienone is 2. The molecule has 1 fully saturated rings. The molecule has 0 bridgehead atoms. The Bertz CT molecular complexity index is 1160. The van der Waals surface area contributed by atoms with Crippen molar-refractivity contribution in [2.24, 2.45) is 0 Å². The molecule has 2 aromatic rings. The summed E-state index contributed by atoms with van der Waals surface area (Å²) in [5.74, 6) is -0.956. The highest BCUT2D eigenvalue weighted by atomic mass is 35.5. The van der Waals surface area contributed by atoms with Gasteiger partial charge in [0.25, 0.3) is 0 Å². The van der Waals surface area contributed by atoms with E-state index >= 15 is 4.39 Å². The van der Waals surface area contributed by atoms with Crippen LogP contribution in [-0.2, 0) is 10.4 Å². The predicted octanol–water partition coefficient (Wildman–Crippen LogP) is 7.89. The van der Waals surface area contributed by atoms with Crippen molar-refractivity contribution in [1.82, 2.24) is 4.90 Å². The highest BCUT2D eigenvalue weighted by Gasteiger charge is 2.48. The Morgan fingerprint density at radius 3 is 1.94 bits per heavy atom. The molecule has 0 unspecified atom stereocenters. The van der Waals surface area contributed by atoms with Gasteiger partial charge in [0.1, 0.15) is 5.60 Å². The zero-order valence-electron chi connectivity index (χ0n) is 18.8. The van der Waals surface area contributed by atoms with E-state index in [1.54, 1.807) is 20.8 Å². The third-order valence-electron chi connectivity index (χ3n) is 5.10. The van der Waals surface area contributed by atoms with Crippen LogP contribution >= 0.6 is 34.8 Å². The van der Waals surface area contributed by atoms with Crippen LogP contribution in [0.1, 0.15) is 42.3 Å². The highest BCUT2D eigenvalue weighted by molar-refractivity contribution is 6.48. The molecule has 3 rings (SSSR count). The van der Waals surface area contributed by atoms with Gasteiger partial charge in [0, 0.05) is 5.56 Å². The van der Waals surface area contributed by atoms with Gasteiger partial charge in [0.2, 0.25) is 0 Å². The molecular weight excluding hydrogens is 533 g/mol. The molecular formula is C24H20Cl3F4NO3. The summed E-state index contributed by atoms with van der Waals surface area (Å²) in [7, 11) is 0. The number of nitrogens with zero attached hydrogens (tertiary/aromatic N) is 1. The SMILES string of the molecule is CC(C)(C)OC(=O)N1CC(F)(c2ccc(C(=O)/C=C(\c3cc(Cl)c(Cl)c(Cl)c3)C(F)(F)F)cc2)C1. The Kier molecular flexibility index (Phi) is 7.52. The summed E-state index contributed by atoms with van der Waals surface area (Å²) in [5.41, 5.74) is -4.18. The number of hydrogen-bond acceptors (Lipinski definition) is 3. The minimum atomic E-state index is -4.89. The van der Waals surface area contributed by atoms with Crippen LogP contribution < -0.4 is 0 Å². The second-order valence-electron chi connectivity index (χ2n) is 9.05. The topological polar surface area (TPSA) is 46.6 Å². The van der Waals surface area contributed by atoms with E-state index in [1.165, 1.54) is 29.2 Å². The number of ketones is 1. The summed E-state index contributed by atoms with van der Waals surface area (Å²) >= 11 is 17.5. The first-order valence-corrected chi connectivity index (χ1v) is 11.4. The lowest BCUT2D eigenvalue weighted by Crippen LogP contribution is -2.59. The molecule has 188 valence electrons. The number of halogens is 7. The normalized spacial score (nSPS) is 16.1. The van der Waals surface area contributed by atoms with E-state index < -0.39 is 40.5 Å². The number of benzene rings is 2. The fourth-order valence-electron chi connectivity index (χ4n) is 3.38. The molecule has 0 spiro atoms. The first kappa shape index (κ1) is 27.3. The molecule has 1 aliphatic heterocycles. The summed E-state index contributed by atoms with van der Waals surface area (Å²) < 4.78 is 61.5. The first-order chi connectivity index (χ1) is 16.0. The fraction of sp³-hybridized carbons (Fsp3) is 0.333. The molecule has 1 aliphatic rings. The number of hydrogen-bond donors (Lipinski definition) is 0. The molecule has 0 atom stereocenters. The number of likely N-dealkylation sites (tertiary alicyclic amines) is 1. The van der Waals surface area contributed by atoms with E-state index in [1.807, 2.05) is 0 Å². The standard InChI is InChI=1S/C24H20Cl3F4NO3/c1-22(2,3)35-21(34)32-11-23(28,12-32)15-6-4-13(5-7-15)19(33)10-16(24(29,30)31)14-8-17(25)20(27)18(26)9-14/h4-10H,11-12H2,1-3H3/b16-10+. The molecule has 2 aromatic carbocycles. The van der Waals surface area contributed by atoms with Crippen molar-refractivity contribution >= 4 is 52.3 Å². The van der Waals surface area contributed by atoms with Gasteiger partial charge in [-0.15, -0.1) is 0 Å². The minimum Gasteiger partial charge on any atom is -0.444 e. The zero-order valence-corrected chi connectivity index (χ0v) is 21.0. The van der Waals surface area contributed by atoms with Gasteiger partial charge in [-0.2, -0.15) is 13.2 Å². The van der Waals surface area contributed by atoms with Crippen molar-refractivity contribution in [2.75, 3.05) is 13.1 Å². The lowest BCUT2D eigenvalue weighted by molar-refractivity contribution is -0.0690. The quantitative estimate of drug-likeness (QED) is 0.168. The molecule has 0 radical (unpaired) electrons. The van der Waals surface area contributed by atoms with E-state index in [4.69, 9.17) is 39.5 Å². The maximum atomic E-state index is 15.2. The van der Waals surface area contributed by atoms with Gasteiger partial charge >= 0.3 is 12.3 Å². The van der Waals surface area contributed by atoms with Crippen molar-refractivity contribution in [3.8, 4) is 0 Å². The van der Waals surface area contributed by atoms with Gasteiger partial charge < -0.3 is 9.64 Å². The summed E-state index contributed by atoms with van der Waals surface area (Å²) in [6.07, 6.45) is -5.12. The van der Waals surface area contributed by atoms with Crippen molar-refractivity contribution in [1.29, 1.82) is 0 Å². The molecule has 0 aromatic heterocycles. The Hall–Kier alpha value is -2.29. The fourth-order valence-corrected chi connectivity index (χ4v) is 3.98. The third kappa shape index (κ3) is 6.29. The molecule has 4 nitrogen and oxygen atoms in total. The van der Waals surface area contributed by atoms with Crippen LogP contribution in [0, 0.1) is 0 Å². The van der Waals surface area contributed by atoms with Crippen LogP contribution in [0.4, 0.5) is 22.4 Å². The lowest BCUT2D eigenvalue weighted by atomic mass is 9.87. The van der Waals surface area contributed by atoms with Gasteiger partial charge in [-0.1, -0.05) is 59.1 Å². The van der Waals surface area contributed by atoms with Crippen molar-refractivity contribution in [3.63, 3.8) is 0 Å². The summed E-state index contributed by atoms with van der Waals surface area (Å²) in [6, 6.07) is 6.98. The Morgan fingerprint density at radius 1 is 0.971 bits per heavy atom. The zero-order chi connectivity index (χ0) is 26.3. The van der Waals surface area contributed by atoms with Crippen LogP contribution in [0.25, 0.3) is 5.57 Å². The Balaban J connectivity index is 1.80. The first-order valence-electron chi connectivity index (χ1n) is 10.3. The third-order valence-corrected chi connectivity index (χ3v) is 6.29. The van der Waals surface area contributed by atoms with Crippen molar-refractivity contribution in [2.45, 2.75) is 38.2 Å². The molecule has 1 heterocycles. The van der Waals surface area contributed by atoms with Gasteiger partial charge in [-0.25, -0.2) is 9.18 Å². The van der Waals surface area contributed by atoms with Gasteiger partial charge in [0.15, 0.2) is 11.5 Å². The van der Waals surface area contributed by atoms with Crippen LogP contribution in [0.3, 0.4) is 0 Å². The monoisotopic (exact) mass is 551 g/mol. The molecule has 1 saturated heterocycles. The number of carbonyl (C=O) groups excluding carboxylic acids is 2. The summed E-state index contributed by atoms with van der Waals surface area (Å²) in [5, 5.41) is -0.507. The average molecular weight is 553 g/mol. The number of rotatable bonds is 4. The average Bonchev–Trinajstić information content (AvgIpc) is 2.71. The van der Waals surface area contributed by atoms with Gasteiger partial charge in [-0.05, 0) is 50.1 Å². The highest BCUT2D eigenvalue weighted by Crippen LogP contribution is 2.40. The molecule has 35 heavy (non-hydrogen) atoms. The van der Waals surface area contributed by atoms with Crippen molar-refractivity contribution in [3.05, 3.63) is 74.2 Å². The van der Waals surface area contributed by atoms with E-state index in [0.717, 1.165) is 12.1 Å². The Labute approximate surface area is 214 Å². The molecule has 0 aliphatic carbocycles. The van der Waals surface area contributed by atoms with E-state index in [9.17, 15) is 22.8 Å². The van der Waals surface area contributed by atoms with Crippen LogP contribution in [0.5, 0.6) is 0 Å². The van der Waals surface area contributed by atoms with E-state index in [-0.39, 0.29) is 39.3 Å². The number of ether oxygens (including phenoxy) is 1. The van der Waals surface area contributed by atoms with Crippen LogP contribution in [0.2, 0.25) is 15.1 Å². The van der Waals surface area contributed by atoms with Crippen LogP contribution in [0.15, 0.2) is 42.5 Å². The molecule has 1 amide bonds. The second kappa shape index (κ2) is 9.64. The number of amides is 1. The maximum Gasteiger partial charge on any atom is 0.417 e. The van der Waals surface area contributed by atoms with Crippen molar-refractivity contribution < 1.29 is 31.9 Å². The Morgan fingerprint density at radius 2 is 1.49 bits per heavy atom.